The summed E-state index contributed by atoms with van der Waals surface area (Å²) < 4.78 is 5.00. The predicted molar refractivity (Wildman–Crippen MR) is 224 cm³/mol. The molecule has 0 spiro atoms. The van der Waals surface area contributed by atoms with E-state index in [1.54, 1.807) is 0 Å². The first-order valence-corrected chi connectivity index (χ1v) is 18.6. The van der Waals surface area contributed by atoms with Crippen LogP contribution >= 0.6 is 11.3 Å². The van der Waals surface area contributed by atoms with Crippen molar-refractivity contribution in [3.05, 3.63) is 194 Å². The van der Waals surface area contributed by atoms with Gasteiger partial charge in [-0.15, -0.1) is 11.3 Å². The van der Waals surface area contributed by atoms with Crippen molar-refractivity contribution in [2.45, 2.75) is 6.92 Å². The third-order valence-corrected chi connectivity index (χ3v) is 11.4. The highest BCUT2D eigenvalue weighted by molar-refractivity contribution is 7.25. The van der Waals surface area contributed by atoms with Crippen molar-refractivity contribution in [2.24, 2.45) is 0 Å². The van der Waals surface area contributed by atoms with Crippen LogP contribution in [-0.2, 0) is 0 Å². The Morgan fingerprint density at radius 2 is 0.942 bits per heavy atom. The fourth-order valence-electron chi connectivity index (χ4n) is 7.66. The molecule has 0 aliphatic carbocycles. The average molecular weight is 683 g/mol. The standard InChI is InChI=1S/C49H34N2S/c1-33-15-22-40(23-16-33)51-46-13-7-5-11-42(46)44-31-37(21-29-47(44)51)36-19-26-39(27-20-36)50(38-24-17-35(18-25-38)34-9-3-2-4-10-34)41-28-30-49-45(32-41)43-12-6-8-14-48(43)52-49/h2-32H,1H3. The number of rotatable bonds is 6. The number of anilines is 3. The largest absolute Gasteiger partial charge is 0.310 e. The minimum absolute atomic E-state index is 1.12. The third-order valence-electron chi connectivity index (χ3n) is 10.3. The van der Waals surface area contributed by atoms with Crippen LogP contribution in [0, 0.1) is 6.92 Å². The number of hydrogen-bond acceptors (Lipinski definition) is 2. The molecule has 0 amide bonds. The van der Waals surface area contributed by atoms with Gasteiger partial charge in [0.05, 0.1) is 11.0 Å². The second-order valence-corrected chi connectivity index (χ2v) is 14.6. The second kappa shape index (κ2) is 12.4. The van der Waals surface area contributed by atoms with Gasteiger partial charge in [-0.05, 0) is 108 Å². The van der Waals surface area contributed by atoms with E-state index < -0.39 is 0 Å². The third kappa shape index (κ3) is 5.17. The van der Waals surface area contributed by atoms with E-state index >= 15 is 0 Å². The van der Waals surface area contributed by atoms with Gasteiger partial charge in [-0.3, -0.25) is 0 Å². The van der Waals surface area contributed by atoms with Crippen LogP contribution in [0.3, 0.4) is 0 Å². The van der Waals surface area contributed by atoms with E-state index in [9.17, 15) is 0 Å². The summed E-state index contributed by atoms with van der Waals surface area (Å²) in [7, 11) is 0. The van der Waals surface area contributed by atoms with E-state index in [4.69, 9.17) is 0 Å². The summed E-state index contributed by atoms with van der Waals surface area (Å²) in [4.78, 5) is 2.38. The van der Waals surface area contributed by atoms with Gasteiger partial charge in [-0.25, -0.2) is 0 Å². The quantitative estimate of drug-likeness (QED) is 0.169. The Bertz CT molecular complexity index is 2880. The van der Waals surface area contributed by atoms with Crippen molar-refractivity contribution in [3.63, 3.8) is 0 Å². The van der Waals surface area contributed by atoms with Crippen LogP contribution in [0.2, 0.25) is 0 Å². The highest BCUT2D eigenvalue weighted by Crippen LogP contribution is 2.42. The number of nitrogens with zero attached hydrogens (tertiary/aromatic N) is 2. The van der Waals surface area contributed by atoms with E-state index in [1.165, 1.54) is 75.5 Å². The molecule has 0 N–H and O–H groups in total. The number of thiophene rings is 1. The Hall–Kier alpha value is -6.42. The van der Waals surface area contributed by atoms with Crippen molar-refractivity contribution in [1.29, 1.82) is 0 Å². The highest BCUT2D eigenvalue weighted by atomic mass is 32.1. The van der Waals surface area contributed by atoms with Gasteiger partial charge in [-0.2, -0.15) is 0 Å². The fraction of sp³-hybridized carbons (Fsp3) is 0.0204. The van der Waals surface area contributed by atoms with Crippen molar-refractivity contribution in [2.75, 3.05) is 4.90 Å². The summed E-state index contributed by atoms with van der Waals surface area (Å²) in [5, 5.41) is 5.11. The monoisotopic (exact) mass is 682 g/mol. The van der Waals surface area contributed by atoms with Gasteiger partial charge in [0.1, 0.15) is 0 Å². The predicted octanol–water partition coefficient (Wildman–Crippen LogP) is 14.3. The Balaban J connectivity index is 1.07. The summed E-state index contributed by atoms with van der Waals surface area (Å²) in [5.74, 6) is 0. The van der Waals surface area contributed by atoms with E-state index in [0.29, 0.717) is 0 Å². The topological polar surface area (TPSA) is 8.17 Å². The number of hydrogen-bond donors (Lipinski definition) is 0. The summed E-state index contributed by atoms with van der Waals surface area (Å²) in [5.41, 5.74) is 13.1. The zero-order valence-corrected chi connectivity index (χ0v) is 29.5. The summed E-state index contributed by atoms with van der Waals surface area (Å²) in [6.45, 7) is 2.14. The van der Waals surface area contributed by atoms with E-state index in [0.717, 1.165) is 17.1 Å². The molecule has 0 radical (unpaired) electrons. The maximum atomic E-state index is 2.38. The van der Waals surface area contributed by atoms with Gasteiger partial charge < -0.3 is 9.47 Å². The molecule has 2 nitrogen and oxygen atoms in total. The lowest BCUT2D eigenvalue weighted by Gasteiger charge is -2.26. The summed E-state index contributed by atoms with van der Waals surface area (Å²) in [6, 6.07) is 68.6. The molecule has 0 saturated heterocycles. The van der Waals surface area contributed by atoms with Gasteiger partial charge >= 0.3 is 0 Å². The molecule has 0 fully saturated rings. The van der Waals surface area contributed by atoms with Crippen LogP contribution in [0.5, 0.6) is 0 Å². The molecule has 2 aromatic heterocycles. The van der Waals surface area contributed by atoms with Gasteiger partial charge in [0, 0.05) is 53.7 Å². The molecule has 10 aromatic rings. The molecule has 2 heterocycles. The van der Waals surface area contributed by atoms with Crippen LogP contribution < -0.4 is 4.90 Å². The van der Waals surface area contributed by atoms with Gasteiger partial charge in [0.2, 0.25) is 0 Å². The van der Waals surface area contributed by atoms with Crippen LogP contribution in [0.1, 0.15) is 5.56 Å². The lowest BCUT2D eigenvalue weighted by atomic mass is 10.0. The molecule has 0 aliphatic rings. The van der Waals surface area contributed by atoms with Crippen LogP contribution in [-0.4, -0.2) is 4.57 Å². The number of fused-ring (bicyclic) bond motifs is 6. The molecule has 0 atom stereocenters. The SMILES string of the molecule is Cc1ccc(-n2c3ccccc3c3cc(-c4ccc(N(c5ccc(-c6ccccc6)cc5)c5ccc6sc7ccccc7c6c5)cc4)ccc32)cc1. The first-order valence-electron chi connectivity index (χ1n) is 17.8. The number of aromatic nitrogens is 1. The van der Waals surface area contributed by atoms with Crippen molar-refractivity contribution >= 4 is 70.4 Å². The zero-order valence-electron chi connectivity index (χ0n) is 28.7. The smallest absolute Gasteiger partial charge is 0.0541 e. The molecule has 0 saturated carbocycles. The molecule has 3 heteroatoms. The van der Waals surface area contributed by atoms with Gasteiger partial charge in [-0.1, -0.05) is 115 Å². The first-order chi connectivity index (χ1) is 25.7. The molecular weight excluding hydrogens is 649 g/mol. The molecule has 10 rings (SSSR count). The normalized spacial score (nSPS) is 11.6. The van der Waals surface area contributed by atoms with E-state index in [2.05, 4.69) is 204 Å². The molecule has 246 valence electrons. The van der Waals surface area contributed by atoms with Crippen molar-refractivity contribution in [1.82, 2.24) is 4.57 Å². The second-order valence-electron chi connectivity index (χ2n) is 13.5. The summed E-state index contributed by atoms with van der Waals surface area (Å²) >= 11 is 1.85. The fourth-order valence-corrected chi connectivity index (χ4v) is 8.75. The van der Waals surface area contributed by atoms with Crippen molar-refractivity contribution in [3.8, 4) is 27.9 Å². The molecule has 52 heavy (non-hydrogen) atoms. The van der Waals surface area contributed by atoms with Crippen LogP contribution in [0.4, 0.5) is 17.1 Å². The lowest BCUT2D eigenvalue weighted by molar-refractivity contribution is 1.17. The minimum atomic E-state index is 1.12. The Kier molecular flexibility index (Phi) is 7.26. The van der Waals surface area contributed by atoms with Crippen LogP contribution in [0.15, 0.2) is 188 Å². The maximum Gasteiger partial charge on any atom is 0.0541 e. The number of aryl methyl sites for hydroxylation is 1. The molecule has 0 unspecified atom stereocenters. The molecule has 8 aromatic carbocycles. The average Bonchev–Trinajstić information content (AvgIpc) is 3.74. The molecule has 0 bridgehead atoms. The van der Waals surface area contributed by atoms with Crippen LogP contribution in [0.25, 0.3) is 69.9 Å². The highest BCUT2D eigenvalue weighted by Gasteiger charge is 2.17. The lowest BCUT2D eigenvalue weighted by Crippen LogP contribution is -2.09. The maximum absolute atomic E-state index is 2.38. The first kappa shape index (κ1) is 30.4. The molecular formula is C49H34N2S. The molecule has 0 aliphatic heterocycles. The summed E-state index contributed by atoms with van der Waals surface area (Å²) in [6.07, 6.45) is 0. The van der Waals surface area contributed by atoms with Gasteiger partial charge in [0.15, 0.2) is 0 Å². The van der Waals surface area contributed by atoms with E-state index in [1.807, 2.05) is 11.3 Å². The number of para-hydroxylation sites is 1. The Morgan fingerprint density at radius 1 is 0.385 bits per heavy atom. The van der Waals surface area contributed by atoms with E-state index in [-0.39, 0.29) is 0 Å². The minimum Gasteiger partial charge on any atom is -0.310 e. The number of benzene rings is 8. The Morgan fingerprint density at radius 3 is 1.69 bits per heavy atom. The zero-order chi connectivity index (χ0) is 34.6. The Labute approximate surface area is 307 Å². The van der Waals surface area contributed by atoms with Crippen molar-refractivity contribution < 1.29 is 0 Å². The van der Waals surface area contributed by atoms with Gasteiger partial charge in [0.25, 0.3) is 0 Å².